The first-order valence-electron chi connectivity index (χ1n) is 11.8. The molecule has 4 rings (SSSR count). The van der Waals surface area contributed by atoms with Crippen LogP contribution in [0.3, 0.4) is 0 Å². The number of halogens is 6. The van der Waals surface area contributed by atoms with Gasteiger partial charge in [0.25, 0.3) is 5.91 Å². The monoisotopic (exact) mass is 784 g/mol. The van der Waals surface area contributed by atoms with Crippen molar-refractivity contribution in [2.24, 2.45) is 5.73 Å². The second kappa shape index (κ2) is 12.2. The molecule has 1 aromatic heterocycles. The van der Waals surface area contributed by atoms with E-state index in [-0.39, 0.29) is 74.3 Å². The molecule has 1 aromatic rings. The average molecular weight is 785 g/mol. The van der Waals surface area contributed by atoms with E-state index in [1.165, 1.54) is 0 Å². The Bertz CT molecular complexity index is 1120. The summed E-state index contributed by atoms with van der Waals surface area (Å²) in [6.45, 7) is 8.90. The molecule has 3 N–H and O–H groups in total. The van der Waals surface area contributed by atoms with Gasteiger partial charge in [-0.3, -0.25) is 9.69 Å². The topological polar surface area (TPSA) is 112 Å². The van der Waals surface area contributed by atoms with Gasteiger partial charge in [0.15, 0.2) is 0 Å². The first-order chi connectivity index (χ1) is 17.8. The van der Waals surface area contributed by atoms with Crippen LogP contribution >= 0.6 is 0 Å². The molecule has 0 aromatic carbocycles. The van der Waals surface area contributed by atoms with Crippen LogP contribution in [0.1, 0.15) is 18.4 Å². The fourth-order valence-electron chi connectivity index (χ4n) is 4.98. The Kier molecular flexibility index (Phi) is 9.78. The molecule has 3 fully saturated rings. The molecule has 39 heavy (non-hydrogen) atoms. The standard InChI is InChI=1S/C23H26F6N7O2.U/c1-13(34-4-6-35(7-5-34)21-32-10-14(11-33-21)22(24,25)26)17-12-36(8-9-38-17)16-3-2-15(19(16)30)18(20(31)37)23(27,28)29;/h1,10-11,16-17,30H,2-9,12H2,(H2,31,37);/q-1;/b18-15+,30-19?;. The number of hydrogen-bond acceptors (Lipinski definition) is 8. The van der Waals surface area contributed by atoms with Gasteiger partial charge in [-0.1, -0.05) is 0 Å². The molecule has 2 atom stereocenters. The molecule has 0 bridgehead atoms. The number of rotatable bonds is 5. The number of carbonyl (C=O) groups excluding carboxylic acids is 1. The minimum atomic E-state index is -4.94. The maximum absolute atomic E-state index is 13.4. The van der Waals surface area contributed by atoms with E-state index in [9.17, 15) is 31.1 Å². The molecule has 212 valence electrons. The maximum atomic E-state index is 13.4. The van der Waals surface area contributed by atoms with E-state index in [0.717, 1.165) is 12.4 Å². The Morgan fingerprint density at radius 3 is 2.23 bits per heavy atom. The van der Waals surface area contributed by atoms with Crippen LogP contribution in [0.15, 0.2) is 29.2 Å². The quantitative estimate of drug-likeness (QED) is 0.268. The van der Waals surface area contributed by atoms with Crippen molar-refractivity contribution in [2.45, 2.75) is 37.3 Å². The van der Waals surface area contributed by atoms with Gasteiger partial charge in [-0.2, -0.15) is 26.3 Å². The molecule has 0 spiro atoms. The molecular weight excluding hydrogens is 758 g/mol. The van der Waals surface area contributed by atoms with Gasteiger partial charge in [0.2, 0.25) is 5.95 Å². The summed E-state index contributed by atoms with van der Waals surface area (Å²) in [7, 11) is 0. The van der Waals surface area contributed by atoms with E-state index in [1.807, 2.05) is 9.80 Å². The van der Waals surface area contributed by atoms with Crippen molar-refractivity contribution in [1.29, 1.82) is 5.41 Å². The summed E-state index contributed by atoms with van der Waals surface area (Å²) in [5.41, 5.74) is 2.32. The third kappa shape index (κ3) is 6.96. The molecule has 1 amide bonds. The number of anilines is 1. The normalized spacial score (nSPS) is 24.4. The number of nitrogens with two attached hydrogens (primary N) is 1. The van der Waals surface area contributed by atoms with Crippen LogP contribution in [-0.4, -0.2) is 95.6 Å². The van der Waals surface area contributed by atoms with Gasteiger partial charge in [0.05, 0.1) is 30.0 Å². The zero-order valence-corrected chi connectivity index (χ0v) is 24.8. The molecule has 2 saturated heterocycles. The predicted molar refractivity (Wildman–Crippen MR) is 123 cm³/mol. The molecule has 1 aliphatic carbocycles. The SMILES string of the molecule is [CH-]=C(C1CN(C2CC/C(=C(/C(N)=O)C(F)(F)F)C2=N)CCO1)N1CCN(c2ncc(C(F)(F)F)cn2)CC1.[U]. The molecule has 9 nitrogen and oxygen atoms in total. The number of nitrogens with zero attached hydrogens (tertiary/aromatic N) is 5. The van der Waals surface area contributed by atoms with Crippen LogP contribution in [0, 0.1) is 43.1 Å². The Morgan fingerprint density at radius 2 is 1.69 bits per heavy atom. The van der Waals surface area contributed by atoms with E-state index in [2.05, 4.69) is 9.97 Å². The van der Waals surface area contributed by atoms with Gasteiger partial charge < -0.3 is 32.3 Å². The molecule has 16 heteroatoms. The van der Waals surface area contributed by atoms with Crippen LogP contribution in [0.25, 0.3) is 0 Å². The second-order valence-electron chi connectivity index (χ2n) is 9.21. The van der Waals surface area contributed by atoms with Crippen molar-refractivity contribution in [3.8, 4) is 0 Å². The summed E-state index contributed by atoms with van der Waals surface area (Å²) in [6, 6.07) is -0.630. The van der Waals surface area contributed by atoms with Crippen LogP contribution in [-0.2, 0) is 15.7 Å². The summed E-state index contributed by atoms with van der Waals surface area (Å²) >= 11 is 0. The van der Waals surface area contributed by atoms with Crippen LogP contribution in [0.4, 0.5) is 32.3 Å². The third-order valence-corrected chi connectivity index (χ3v) is 6.92. The van der Waals surface area contributed by atoms with Crippen LogP contribution in [0.5, 0.6) is 0 Å². The minimum absolute atomic E-state index is 0. The van der Waals surface area contributed by atoms with Crippen LogP contribution < -0.4 is 10.6 Å². The van der Waals surface area contributed by atoms with Crippen molar-refractivity contribution in [2.75, 3.05) is 50.8 Å². The van der Waals surface area contributed by atoms with Crippen molar-refractivity contribution in [3.05, 3.63) is 41.4 Å². The summed E-state index contributed by atoms with van der Waals surface area (Å²) in [5.74, 6) is -1.43. The number of amides is 1. The fourth-order valence-corrected chi connectivity index (χ4v) is 4.98. The number of carbonyl (C=O) groups is 1. The smallest absolute Gasteiger partial charge is 0.422 e. The molecular formula is C23H26F6N7O2U-. The number of nitrogens with one attached hydrogen (secondary N) is 1. The van der Waals surface area contributed by atoms with Crippen LogP contribution in [0.2, 0.25) is 0 Å². The summed E-state index contributed by atoms with van der Waals surface area (Å²) in [6.07, 6.45) is -8.41. The first kappa shape index (κ1) is 31.4. The Labute approximate surface area is 244 Å². The number of primary amides is 1. The van der Waals surface area contributed by atoms with Gasteiger partial charge in [-0.25, -0.2) is 9.97 Å². The number of alkyl halides is 6. The van der Waals surface area contributed by atoms with E-state index in [4.69, 9.17) is 22.5 Å². The molecule has 2 aliphatic heterocycles. The van der Waals surface area contributed by atoms with E-state index in [1.54, 1.807) is 4.90 Å². The number of aromatic nitrogens is 2. The summed E-state index contributed by atoms with van der Waals surface area (Å²) in [5, 5.41) is 8.35. The minimum Gasteiger partial charge on any atom is -0.491 e. The first-order valence-corrected chi connectivity index (χ1v) is 11.8. The number of ether oxygens (including phenoxy) is 1. The molecule has 3 heterocycles. The Morgan fingerprint density at radius 1 is 1.08 bits per heavy atom. The second-order valence-corrected chi connectivity index (χ2v) is 9.21. The van der Waals surface area contributed by atoms with E-state index < -0.39 is 41.5 Å². The van der Waals surface area contributed by atoms with Crippen molar-refractivity contribution < 1.29 is 67.0 Å². The predicted octanol–water partition coefficient (Wildman–Crippen LogP) is 2.16. The van der Waals surface area contributed by atoms with Gasteiger partial charge in [0, 0.05) is 82.8 Å². The van der Waals surface area contributed by atoms with Crippen molar-refractivity contribution >= 4 is 17.6 Å². The summed E-state index contributed by atoms with van der Waals surface area (Å²) < 4.78 is 84.2. The Hall–Kier alpha value is -2.15. The Balaban J connectivity index is 0.00000420. The van der Waals surface area contributed by atoms with Gasteiger partial charge in [-0.15, -0.1) is 5.70 Å². The van der Waals surface area contributed by atoms with Crippen molar-refractivity contribution in [3.63, 3.8) is 0 Å². The van der Waals surface area contributed by atoms with E-state index in [0.29, 0.717) is 38.4 Å². The molecule has 0 radical (unpaired) electrons. The van der Waals surface area contributed by atoms with Gasteiger partial charge in [0.1, 0.15) is 5.57 Å². The van der Waals surface area contributed by atoms with Gasteiger partial charge in [-0.05, 0) is 18.4 Å². The number of hydrogen-bond donors (Lipinski definition) is 2. The maximum Gasteiger partial charge on any atom is 0.422 e. The fraction of sp³-hybridized carbons (Fsp3) is 0.565. The molecule has 3 aliphatic rings. The average Bonchev–Trinajstić information content (AvgIpc) is 3.22. The largest absolute Gasteiger partial charge is 0.491 e. The number of morpholine rings is 1. The molecule has 2 unspecified atom stereocenters. The van der Waals surface area contributed by atoms with E-state index >= 15 is 0 Å². The number of piperazine rings is 1. The zero-order chi connectivity index (χ0) is 27.8. The zero-order valence-electron chi connectivity index (χ0n) is 20.6. The van der Waals surface area contributed by atoms with Gasteiger partial charge >= 0.3 is 12.4 Å². The van der Waals surface area contributed by atoms with Crippen molar-refractivity contribution in [1.82, 2.24) is 19.8 Å². The summed E-state index contributed by atoms with van der Waals surface area (Å²) in [4.78, 5) is 24.6. The molecule has 1 saturated carbocycles. The third-order valence-electron chi connectivity index (χ3n) is 6.92.